The largest absolute Gasteiger partial charge is 0.368 e. The third-order valence-corrected chi connectivity index (χ3v) is 4.01. The zero-order valence-corrected chi connectivity index (χ0v) is 13.4. The summed E-state index contributed by atoms with van der Waals surface area (Å²) in [4.78, 5) is 25.4. The lowest BCUT2D eigenvalue weighted by atomic mass is 9.97. The number of amides is 3. The van der Waals surface area contributed by atoms with Gasteiger partial charge in [0.2, 0.25) is 5.91 Å². The Balaban J connectivity index is 2.22. The molecule has 0 radical (unpaired) electrons. The number of hydrogen-bond acceptors (Lipinski definition) is 3. The van der Waals surface area contributed by atoms with E-state index in [1.54, 1.807) is 0 Å². The first-order valence-corrected chi connectivity index (χ1v) is 7.75. The van der Waals surface area contributed by atoms with Gasteiger partial charge >= 0.3 is 6.03 Å². The average molecular weight is 314 g/mol. The third-order valence-electron chi connectivity index (χ3n) is 4.01. The molecule has 1 aromatic rings. The van der Waals surface area contributed by atoms with Crippen molar-refractivity contribution in [1.82, 2.24) is 10.2 Å². The van der Waals surface area contributed by atoms with Crippen molar-refractivity contribution in [2.45, 2.75) is 44.8 Å². The van der Waals surface area contributed by atoms with Crippen LogP contribution in [-0.4, -0.2) is 35.0 Å². The second-order valence-corrected chi connectivity index (χ2v) is 6.27. The standard InChI is InChI=1S/C17H22N4O2/c1-11(2)8-14(16(19)22)21-15(10-18)13(20-17(21)23)9-12-6-4-3-5-7-12/h3-7,11,13-15H,8-9H2,1-2H3,(H2,19,22)(H,20,23)/t13-,14+,15+/m0/s1. The second-order valence-electron chi connectivity index (χ2n) is 6.27. The van der Waals surface area contributed by atoms with Gasteiger partial charge in [-0.15, -0.1) is 0 Å². The molecular formula is C17H22N4O2. The van der Waals surface area contributed by atoms with Gasteiger partial charge < -0.3 is 11.1 Å². The van der Waals surface area contributed by atoms with E-state index in [9.17, 15) is 14.9 Å². The number of nitrogens with zero attached hydrogens (tertiary/aromatic N) is 2. The fourth-order valence-electron chi connectivity index (χ4n) is 2.96. The molecule has 0 unspecified atom stereocenters. The fourth-order valence-corrected chi connectivity index (χ4v) is 2.96. The monoisotopic (exact) mass is 314 g/mol. The molecule has 1 saturated heterocycles. The molecule has 0 aromatic heterocycles. The second kappa shape index (κ2) is 7.14. The van der Waals surface area contributed by atoms with Gasteiger partial charge in [-0.3, -0.25) is 9.69 Å². The van der Waals surface area contributed by atoms with Gasteiger partial charge in [-0.25, -0.2) is 4.79 Å². The van der Waals surface area contributed by atoms with E-state index in [1.807, 2.05) is 44.2 Å². The van der Waals surface area contributed by atoms with Crippen LogP contribution in [0.2, 0.25) is 0 Å². The summed E-state index contributed by atoms with van der Waals surface area (Å²) in [6, 6.07) is 9.56. The molecule has 1 heterocycles. The zero-order chi connectivity index (χ0) is 17.0. The first kappa shape index (κ1) is 16.8. The molecule has 1 aliphatic heterocycles. The molecule has 6 nitrogen and oxygen atoms in total. The van der Waals surface area contributed by atoms with Crippen LogP contribution in [0.1, 0.15) is 25.8 Å². The average Bonchev–Trinajstić information content (AvgIpc) is 2.80. The van der Waals surface area contributed by atoms with Crippen molar-refractivity contribution in [1.29, 1.82) is 5.26 Å². The zero-order valence-electron chi connectivity index (χ0n) is 13.4. The summed E-state index contributed by atoms with van der Waals surface area (Å²) in [7, 11) is 0. The number of carbonyl (C=O) groups is 2. The van der Waals surface area contributed by atoms with E-state index >= 15 is 0 Å². The van der Waals surface area contributed by atoms with E-state index in [0.717, 1.165) is 5.56 Å². The summed E-state index contributed by atoms with van der Waals surface area (Å²) >= 11 is 0. The summed E-state index contributed by atoms with van der Waals surface area (Å²) in [5.41, 5.74) is 6.50. The number of carbonyl (C=O) groups excluding carboxylic acids is 2. The summed E-state index contributed by atoms with van der Waals surface area (Å²) in [5.74, 6) is -0.387. The van der Waals surface area contributed by atoms with Gasteiger partial charge in [0.1, 0.15) is 12.1 Å². The number of rotatable bonds is 6. The fraction of sp³-hybridized carbons (Fsp3) is 0.471. The molecule has 0 spiro atoms. The van der Waals surface area contributed by atoms with Crippen LogP contribution < -0.4 is 11.1 Å². The van der Waals surface area contributed by atoms with Gasteiger partial charge in [-0.1, -0.05) is 44.2 Å². The number of hydrogen-bond donors (Lipinski definition) is 2. The van der Waals surface area contributed by atoms with Crippen LogP contribution in [0.25, 0.3) is 0 Å². The van der Waals surface area contributed by atoms with Crippen LogP contribution in [0.3, 0.4) is 0 Å². The van der Waals surface area contributed by atoms with Crippen LogP contribution >= 0.6 is 0 Å². The van der Waals surface area contributed by atoms with Gasteiger partial charge in [0.05, 0.1) is 12.1 Å². The van der Waals surface area contributed by atoms with Crippen molar-refractivity contribution >= 4 is 11.9 Å². The summed E-state index contributed by atoms with van der Waals surface area (Å²) in [5, 5.41) is 12.4. The van der Waals surface area contributed by atoms with E-state index in [4.69, 9.17) is 5.73 Å². The third kappa shape index (κ3) is 3.81. The molecule has 6 heteroatoms. The molecule has 2 rings (SSSR count). The number of nitrogens with two attached hydrogens (primary N) is 1. The number of nitriles is 1. The number of primary amides is 1. The number of urea groups is 1. The van der Waals surface area contributed by atoms with Gasteiger partial charge in [0.15, 0.2) is 0 Å². The van der Waals surface area contributed by atoms with Crippen molar-refractivity contribution < 1.29 is 9.59 Å². The molecule has 3 amide bonds. The normalized spacial score (nSPS) is 21.8. The Morgan fingerprint density at radius 1 is 1.39 bits per heavy atom. The highest BCUT2D eigenvalue weighted by Crippen LogP contribution is 2.23. The molecule has 1 aliphatic rings. The van der Waals surface area contributed by atoms with Crippen LogP contribution in [0.5, 0.6) is 0 Å². The molecule has 23 heavy (non-hydrogen) atoms. The molecule has 0 saturated carbocycles. The van der Waals surface area contributed by atoms with Crippen molar-refractivity contribution in [3.05, 3.63) is 35.9 Å². The molecule has 0 bridgehead atoms. The van der Waals surface area contributed by atoms with E-state index in [2.05, 4.69) is 11.4 Å². The Bertz CT molecular complexity index is 609. The molecule has 1 fully saturated rings. The highest BCUT2D eigenvalue weighted by molar-refractivity contribution is 5.88. The molecule has 1 aromatic carbocycles. The molecule has 3 atom stereocenters. The first-order valence-electron chi connectivity index (χ1n) is 7.75. The van der Waals surface area contributed by atoms with Crippen LogP contribution in [-0.2, 0) is 11.2 Å². The van der Waals surface area contributed by atoms with E-state index in [0.29, 0.717) is 12.8 Å². The maximum absolute atomic E-state index is 12.3. The molecule has 0 aliphatic carbocycles. The highest BCUT2D eigenvalue weighted by Gasteiger charge is 2.44. The predicted molar refractivity (Wildman–Crippen MR) is 86.1 cm³/mol. The minimum atomic E-state index is -0.763. The Kier molecular flexibility index (Phi) is 5.22. The van der Waals surface area contributed by atoms with Gasteiger partial charge in [0.25, 0.3) is 0 Å². The Morgan fingerprint density at radius 2 is 2.04 bits per heavy atom. The predicted octanol–water partition coefficient (Wildman–Crippen LogP) is 1.42. The SMILES string of the molecule is CC(C)C[C@H](C(N)=O)N1C(=O)N[C@@H](Cc2ccccc2)[C@H]1C#N. The maximum atomic E-state index is 12.3. The lowest BCUT2D eigenvalue weighted by molar-refractivity contribution is -0.122. The number of benzene rings is 1. The smallest absolute Gasteiger partial charge is 0.319 e. The Labute approximate surface area is 136 Å². The lowest BCUT2D eigenvalue weighted by Gasteiger charge is -2.28. The minimum Gasteiger partial charge on any atom is -0.368 e. The van der Waals surface area contributed by atoms with E-state index in [-0.39, 0.29) is 12.0 Å². The number of nitrogens with one attached hydrogen (secondary N) is 1. The maximum Gasteiger partial charge on any atom is 0.319 e. The Hall–Kier alpha value is -2.55. The van der Waals surface area contributed by atoms with Crippen molar-refractivity contribution in [3.8, 4) is 6.07 Å². The highest BCUT2D eigenvalue weighted by atomic mass is 16.2. The van der Waals surface area contributed by atoms with E-state index in [1.165, 1.54) is 4.90 Å². The topological polar surface area (TPSA) is 99.2 Å². The van der Waals surface area contributed by atoms with Crippen LogP contribution in [0, 0.1) is 17.2 Å². The summed E-state index contributed by atoms with van der Waals surface area (Å²) < 4.78 is 0. The van der Waals surface area contributed by atoms with Gasteiger partial charge in [0, 0.05) is 0 Å². The summed E-state index contributed by atoms with van der Waals surface area (Å²) in [6.07, 6.45) is 0.980. The lowest BCUT2D eigenvalue weighted by Crippen LogP contribution is -2.50. The molecule has 122 valence electrons. The van der Waals surface area contributed by atoms with Gasteiger partial charge in [-0.05, 0) is 24.3 Å². The van der Waals surface area contributed by atoms with Crippen molar-refractivity contribution in [2.24, 2.45) is 11.7 Å². The van der Waals surface area contributed by atoms with Crippen molar-refractivity contribution in [3.63, 3.8) is 0 Å². The molecule has 3 N–H and O–H groups in total. The summed E-state index contributed by atoms with van der Waals surface area (Å²) in [6.45, 7) is 3.90. The first-order chi connectivity index (χ1) is 10.9. The van der Waals surface area contributed by atoms with Gasteiger partial charge in [-0.2, -0.15) is 5.26 Å². The van der Waals surface area contributed by atoms with Crippen LogP contribution in [0.4, 0.5) is 4.79 Å². The molecular weight excluding hydrogens is 292 g/mol. The minimum absolute atomic E-state index is 0.188. The van der Waals surface area contributed by atoms with Crippen molar-refractivity contribution in [2.75, 3.05) is 0 Å². The quantitative estimate of drug-likeness (QED) is 0.830. The Morgan fingerprint density at radius 3 is 2.57 bits per heavy atom. The van der Waals surface area contributed by atoms with E-state index < -0.39 is 24.0 Å². The van der Waals surface area contributed by atoms with Crippen LogP contribution in [0.15, 0.2) is 30.3 Å².